The van der Waals surface area contributed by atoms with Crippen molar-refractivity contribution < 1.29 is 13.9 Å². The highest BCUT2D eigenvalue weighted by Gasteiger charge is 2.32. The van der Waals surface area contributed by atoms with Crippen molar-refractivity contribution in [2.24, 2.45) is 0 Å². The van der Waals surface area contributed by atoms with Gasteiger partial charge in [-0.05, 0) is 26.0 Å². The van der Waals surface area contributed by atoms with E-state index in [-0.39, 0.29) is 33.5 Å². The highest BCUT2D eigenvalue weighted by molar-refractivity contribution is 5.97. The lowest BCUT2D eigenvalue weighted by Gasteiger charge is -2.34. The predicted octanol–water partition coefficient (Wildman–Crippen LogP) is 1.91. The largest absolute Gasteiger partial charge is 0.494 e. The van der Waals surface area contributed by atoms with Gasteiger partial charge in [-0.25, -0.2) is 8.78 Å². The monoisotopic (exact) mass is 402 g/mol. The summed E-state index contributed by atoms with van der Waals surface area (Å²) in [6.07, 6.45) is 1.50. The zero-order valence-corrected chi connectivity index (χ0v) is 15.8. The first kappa shape index (κ1) is 18.1. The van der Waals surface area contributed by atoms with Crippen molar-refractivity contribution in [2.45, 2.75) is 18.9 Å². The van der Waals surface area contributed by atoms with Crippen LogP contribution in [0, 0.1) is 11.6 Å². The van der Waals surface area contributed by atoms with Crippen LogP contribution >= 0.6 is 0 Å². The summed E-state index contributed by atoms with van der Waals surface area (Å²) in [4.78, 5) is 30.9. The third-order valence-corrected chi connectivity index (χ3v) is 5.87. The summed E-state index contributed by atoms with van der Waals surface area (Å²) >= 11 is 0. The molecule has 3 aromatic rings. The maximum atomic E-state index is 15.8. The number of piperazine rings is 1. The summed E-state index contributed by atoms with van der Waals surface area (Å²) < 4.78 is 32.3. The Kier molecular flexibility index (Phi) is 3.92. The highest BCUT2D eigenvalue weighted by Crippen LogP contribution is 2.42. The average Bonchev–Trinajstić information content (AvgIpc) is 3.49. The van der Waals surface area contributed by atoms with Crippen LogP contribution in [0.4, 0.5) is 14.5 Å². The lowest BCUT2D eigenvalue weighted by molar-refractivity contribution is 0.310. The van der Waals surface area contributed by atoms with E-state index in [0.717, 1.165) is 18.9 Å². The van der Waals surface area contributed by atoms with Gasteiger partial charge in [0, 0.05) is 38.3 Å². The molecular weight excluding hydrogens is 382 g/mol. The molecule has 2 N–H and O–H groups in total. The predicted molar refractivity (Wildman–Crippen MR) is 106 cm³/mol. The van der Waals surface area contributed by atoms with Gasteiger partial charge < -0.3 is 19.5 Å². The van der Waals surface area contributed by atoms with Crippen molar-refractivity contribution in [2.75, 3.05) is 38.1 Å². The lowest BCUT2D eigenvalue weighted by atomic mass is 10.1. The number of H-pyrrole nitrogens is 1. The Hall–Kier alpha value is -2.94. The smallest absolute Gasteiger partial charge is 0.252 e. The van der Waals surface area contributed by atoms with Crippen LogP contribution in [0.25, 0.3) is 21.8 Å². The number of aromatic hydroxyl groups is 1. The molecule has 2 aliphatic rings. The van der Waals surface area contributed by atoms with E-state index in [2.05, 4.69) is 9.88 Å². The van der Waals surface area contributed by atoms with E-state index in [4.69, 9.17) is 0 Å². The third kappa shape index (κ3) is 2.71. The van der Waals surface area contributed by atoms with Crippen molar-refractivity contribution in [3.8, 4) is 5.88 Å². The molecule has 9 heteroatoms. The molecule has 152 valence electrons. The maximum absolute atomic E-state index is 15.8. The molecule has 1 saturated heterocycles. The molecule has 1 aliphatic heterocycles. The molecule has 7 nitrogen and oxygen atoms in total. The Balaban J connectivity index is 1.89. The second kappa shape index (κ2) is 6.28. The Labute approximate surface area is 163 Å². The van der Waals surface area contributed by atoms with Crippen LogP contribution in [0.3, 0.4) is 0 Å². The molecule has 3 heterocycles. The average molecular weight is 402 g/mol. The number of nitrogens with one attached hydrogen (secondary N) is 1. The van der Waals surface area contributed by atoms with E-state index < -0.39 is 28.5 Å². The number of hydrogen-bond acceptors (Lipinski definition) is 5. The summed E-state index contributed by atoms with van der Waals surface area (Å²) in [7, 11) is 1.95. The number of benzene rings is 1. The van der Waals surface area contributed by atoms with Crippen LogP contribution in [0.1, 0.15) is 18.9 Å². The number of fused-ring (bicyclic) bond motifs is 2. The third-order valence-electron chi connectivity index (χ3n) is 5.87. The molecule has 0 bridgehead atoms. The quantitative estimate of drug-likeness (QED) is 0.640. The number of halogens is 2. The number of anilines is 1. The molecule has 29 heavy (non-hydrogen) atoms. The molecule has 1 aliphatic carbocycles. The SMILES string of the molecule is CN1CCN(c2c(F)cc3c(=O)c4c(O)[nH]c(=O)cc4n(C4CC4)c3c2F)CC1. The minimum Gasteiger partial charge on any atom is -0.494 e. The normalized spacial score (nSPS) is 18.1. The van der Waals surface area contributed by atoms with E-state index in [1.165, 1.54) is 6.07 Å². The minimum absolute atomic E-state index is 0.00896. The fourth-order valence-electron chi connectivity index (χ4n) is 4.24. The van der Waals surface area contributed by atoms with Crippen molar-refractivity contribution in [1.29, 1.82) is 0 Å². The summed E-state index contributed by atoms with van der Waals surface area (Å²) in [6.45, 7) is 2.29. The maximum Gasteiger partial charge on any atom is 0.252 e. The van der Waals surface area contributed by atoms with Crippen LogP contribution in [-0.2, 0) is 0 Å². The summed E-state index contributed by atoms with van der Waals surface area (Å²) in [6, 6.07) is 2.13. The summed E-state index contributed by atoms with van der Waals surface area (Å²) in [5.74, 6) is -2.18. The number of rotatable bonds is 2. The first-order valence-electron chi connectivity index (χ1n) is 9.62. The fourth-order valence-corrected chi connectivity index (χ4v) is 4.24. The fraction of sp³-hybridized carbons (Fsp3) is 0.400. The molecule has 2 aromatic heterocycles. The van der Waals surface area contributed by atoms with Gasteiger partial charge in [0.1, 0.15) is 16.9 Å². The van der Waals surface area contributed by atoms with E-state index in [0.29, 0.717) is 26.2 Å². The second-order valence-corrected chi connectivity index (χ2v) is 7.88. The number of hydrogen-bond donors (Lipinski definition) is 2. The van der Waals surface area contributed by atoms with Gasteiger partial charge in [-0.15, -0.1) is 0 Å². The molecule has 1 saturated carbocycles. The number of likely N-dealkylation sites (N-methyl/N-ethyl adjacent to an activating group) is 1. The van der Waals surface area contributed by atoms with Gasteiger partial charge >= 0.3 is 0 Å². The van der Waals surface area contributed by atoms with Gasteiger partial charge in [-0.2, -0.15) is 0 Å². The summed E-state index contributed by atoms with van der Waals surface area (Å²) in [5.41, 5.74) is -1.28. The van der Waals surface area contributed by atoms with Crippen LogP contribution in [0.2, 0.25) is 0 Å². The van der Waals surface area contributed by atoms with E-state index in [1.54, 1.807) is 9.47 Å². The minimum atomic E-state index is -0.803. The van der Waals surface area contributed by atoms with Gasteiger partial charge in [-0.3, -0.25) is 14.6 Å². The molecule has 5 rings (SSSR count). The number of aromatic amines is 1. The van der Waals surface area contributed by atoms with Crippen molar-refractivity contribution in [3.05, 3.63) is 44.3 Å². The molecule has 0 atom stereocenters. The van der Waals surface area contributed by atoms with Crippen LogP contribution in [0.15, 0.2) is 21.7 Å². The van der Waals surface area contributed by atoms with Gasteiger partial charge in [0.15, 0.2) is 5.82 Å². The Bertz CT molecular complexity index is 1270. The lowest BCUT2D eigenvalue weighted by Crippen LogP contribution is -2.45. The van der Waals surface area contributed by atoms with E-state index in [1.807, 2.05) is 7.05 Å². The first-order valence-corrected chi connectivity index (χ1v) is 9.62. The van der Waals surface area contributed by atoms with E-state index >= 15 is 4.39 Å². The topological polar surface area (TPSA) is 81.6 Å². The van der Waals surface area contributed by atoms with Crippen molar-refractivity contribution in [1.82, 2.24) is 14.5 Å². The zero-order chi connectivity index (χ0) is 20.4. The molecule has 0 spiro atoms. The van der Waals surface area contributed by atoms with Gasteiger partial charge in [0.05, 0.1) is 16.4 Å². The summed E-state index contributed by atoms with van der Waals surface area (Å²) in [5, 5.41) is 9.90. The van der Waals surface area contributed by atoms with Crippen molar-refractivity contribution >= 4 is 27.5 Å². The molecular formula is C20H20F2N4O3. The molecule has 2 fully saturated rings. The van der Waals surface area contributed by atoms with Crippen LogP contribution < -0.4 is 15.9 Å². The zero-order valence-electron chi connectivity index (χ0n) is 15.8. The number of aromatic nitrogens is 2. The van der Waals surface area contributed by atoms with Gasteiger partial charge in [0.25, 0.3) is 5.56 Å². The van der Waals surface area contributed by atoms with E-state index in [9.17, 15) is 19.1 Å². The molecule has 1 aromatic carbocycles. The van der Waals surface area contributed by atoms with Crippen LogP contribution in [-0.4, -0.2) is 52.8 Å². The Morgan fingerprint density at radius 3 is 2.45 bits per heavy atom. The molecule has 0 amide bonds. The number of pyridine rings is 2. The Morgan fingerprint density at radius 2 is 1.79 bits per heavy atom. The Morgan fingerprint density at radius 1 is 1.10 bits per heavy atom. The van der Waals surface area contributed by atoms with Crippen molar-refractivity contribution in [3.63, 3.8) is 0 Å². The standard InChI is InChI=1S/C20H20F2N4O3/c1-24-4-6-25(7-5-24)18-12(21)8-11-17(16(18)22)26(10-2-3-10)13-9-14(27)23-20(29)15(13)19(11)28/h8-10H,2-7H2,1H3,(H2,23,27,29). The molecule has 0 radical (unpaired) electrons. The van der Waals surface area contributed by atoms with Gasteiger partial charge in [-0.1, -0.05) is 0 Å². The highest BCUT2D eigenvalue weighted by atomic mass is 19.1. The number of nitrogens with zero attached hydrogens (tertiary/aromatic N) is 3. The second-order valence-electron chi connectivity index (χ2n) is 7.88. The molecule has 0 unspecified atom stereocenters. The van der Waals surface area contributed by atoms with Gasteiger partial charge in [0.2, 0.25) is 11.3 Å². The van der Waals surface area contributed by atoms with Crippen LogP contribution in [0.5, 0.6) is 5.88 Å². The first-order chi connectivity index (χ1) is 13.9.